The predicted molar refractivity (Wildman–Crippen MR) is 127 cm³/mol. The Bertz CT molecular complexity index is 989. The lowest BCUT2D eigenvalue weighted by Crippen LogP contribution is -2.43. The molecule has 0 aromatic heterocycles. The molecule has 1 aliphatic heterocycles. The van der Waals surface area contributed by atoms with Crippen LogP contribution in [0.5, 0.6) is 17.2 Å². The average molecular weight is 529 g/mol. The molecule has 10 heteroatoms. The SMILES string of the molecule is CC1(COCCCCCCCCOc2ccc(C(=O)Oc3ccc(OC(F)(F)F)c(F)c3)cc2)COC1. The molecule has 37 heavy (non-hydrogen) atoms. The summed E-state index contributed by atoms with van der Waals surface area (Å²) in [5.41, 5.74) is 0.389. The van der Waals surface area contributed by atoms with Gasteiger partial charge >= 0.3 is 12.3 Å². The first-order valence-electron chi connectivity index (χ1n) is 12.3. The van der Waals surface area contributed by atoms with Crippen molar-refractivity contribution in [1.29, 1.82) is 0 Å². The summed E-state index contributed by atoms with van der Waals surface area (Å²) >= 11 is 0. The normalized spacial score (nSPS) is 14.6. The lowest BCUT2D eigenvalue weighted by atomic mass is 9.90. The second-order valence-corrected chi connectivity index (χ2v) is 9.38. The van der Waals surface area contributed by atoms with E-state index < -0.39 is 23.9 Å². The van der Waals surface area contributed by atoms with E-state index in [9.17, 15) is 22.4 Å². The Hall–Kier alpha value is -2.85. The molecular formula is C27H32F4O6. The maximum atomic E-state index is 13.8. The molecule has 0 amide bonds. The Morgan fingerprint density at radius 2 is 1.54 bits per heavy atom. The molecule has 1 aliphatic rings. The molecule has 2 aromatic carbocycles. The number of hydrogen-bond donors (Lipinski definition) is 0. The van der Waals surface area contributed by atoms with Crippen LogP contribution in [0.4, 0.5) is 17.6 Å². The minimum Gasteiger partial charge on any atom is -0.494 e. The van der Waals surface area contributed by atoms with Gasteiger partial charge in [-0.15, -0.1) is 13.2 Å². The summed E-state index contributed by atoms with van der Waals surface area (Å²) in [5, 5.41) is 0. The largest absolute Gasteiger partial charge is 0.573 e. The number of carbonyl (C=O) groups excluding carboxylic acids is 1. The molecule has 3 rings (SSSR count). The first-order chi connectivity index (χ1) is 17.6. The fourth-order valence-corrected chi connectivity index (χ4v) is 3.66. The highest BCUT2D eigenvalue weighted by Crippen LogP contribution is 2.29. The van der Waals surface area contributed by atoms with Gasteiger partial charge in [-0.3, -0.25) is 0 Å². The Balaban J connectivity index is 1.26. The highest BCUT2D eigenvalue weighted by molar-refractivity contribution is 5.91. The molecule has 2 aromatic rings. The second kappa shape index (κ2) is 13.6. The molecule has 0 aliphatic carbocycles. The summed E-state index contributed by atoms with van der Waals surface area (Å²) in [6, 6.07) is 8.63. The summed E-state index contributed by atoms with van der Waals surface area (Å²) in [5.74, 6) is -2.75. The van der Waals surface area contributed by atoms with E-state index in [1.54, 1.807) is 12.1 Å². The standard InChI is InChI=1S/C27H32F4O6/c1-26(18-34-19-26)17-33-14-6-4-2-3-5-7-15-35-21-10-8-20(9-11-21)25(32)36-22-12-13-24(23(28)16-22)37-27(29,30)31/h8-13,16H,2-7,14-15,17-19H2,1H3. The topological polar surface area (TPSA) is 63.2 Å². The number of rotatable bonds is 15. The number of unbranched alkanes of at least 4 members (excludes halogenated alkanes) is 5. The van der Waals surface area contributed by atoms with Gasteiger partial charge in [0.15, 0.2) is 11.6 Å². The summed E-state index contributed by atoms with van der Waals surface area (Å²) in [4.78, 5) is 12.2. The lowest BCUT2D eigenvalue weighted by molar-refractivity contribution is -0.275. The van der Waals surface area contributed by atoms with Crippen molar-refractivity contribution >= 4 is 5.97 Å². The molecule has 0 spiro atoms. The predicted octanol–water partition coefficient (Wildman–Crippen LogP) is 6.72. The van der Waals surface area contributed by atoms with Crippen LogP contribution in [0.25, 0.3) is 0 Å². The molecule has 1 saturated heterocycles. The van der Waals surface area contributed by atoms with Gasteiger partial charge in [0.2, 0.25) is 0 Å². The minimum atomic E-state index is -5.03. The maximum Gasteiger partial charge on any atom is 0.573 e. The molecule has 0 atom stereocenters. The van der Waals surface area contributed by atoms with Crippen LogP contribution in [0, 0.1) is 11.2 Å². The summed E-state index contributed by atoms with van der Waals surface area (Å²) in [6.07, 6.45) is 1.44. The van der Waals surface area contributed by atoms with E-state index >= 15 is 0 Å². The van der Waals surface area contributed by atoms with Crippen molar-refractivity contribution in [3.63, 3.8) is 0 Å². The van der Waals surface area contributed by atoms with Crippen LogP contribution < -0.4 is 14.2 Å². The van der Waals surface area contributed by atoms with Crippen molar-refractivity contribution in [3.05, 3.63) is 53.8 Å². The number of halogens is 4. The third-order valence-corrected chi connectivity index (χ3v) is 5.73. The van der Waals surface area contributed by atoms with Crippen molar-refractivity contribution < 1.29 is 46.0 Å². The van der Waals surface area contributed by atoms with Crippen LogP contribution in [0.1, 0.15) is 55.8 Å². The molecular weight excluding hydrogens is 496 g/mol. The van der Waals surface area contributed by atoms with E-state index in [1.165, 1.54) is 12.1 Å². The van der Waals surface area contributed by atoms with Crippen molar-refractivity contribution in [3.8, 4) is 17.2 Å². The quantitative estimate of drug-likeness (QED) is 0.111. The van der Waals surface area contributed by atoms with Crippen molar-refractivity contribution in [2.24, 2.45) is 5.41 Å². The highest BCUT2D eigenvalue weighted by Gasteiger charge is 2.33. The molecule has 0 unspecified atom stereocenters. The number of alkyl halides is 3. The molecule has 6 nitrogen and oxygen atoms in total. The summed E-state index contributed by atoms with van der Waals surface area (Å²) in [6.45, 7) is 5.88. The molecule has 0 radical (unpaired) electrons. The van der Waals surface area contributed by atoms with Crippen LogP contribution in [0.3, 0.4) is 0 Å². The number of carbonyl (C=O) groups is 1. The number of esters is 1. The van der Waals surface area contributed by atoms with E-state index in [1.807, 2.05) is 0 Å². The maximum absolute atomic E-state index is 13.8. The van der Waals surface area contributed by atoms with Gasteiger partial charge in [-0.05, 0) is 49.2 Å². The Morgan fingerprint density at radius 1 is 0.919 bits per heavy atom. The number of benzene rings is 2. The van der Waals surface area contributed by atoms with Gasteiger partial charge in [0.25, 0.3) is 0 Å². The Kier molecular flexibility index (Phi) is 10.6. The summed E-state index contributed by atoms with van der Waals surface area (Å²) < 4.78 is 75.7. The van der Waals surface area contributed by atoms with Crippen LogP contribution in [0.2, 0.25) is 0 Å². The van der Waals surface area contributed by atoms with Gasteiger partial charge in [-0.25, -0.2) is 9.18 Å². The van der Waals surface area contributed by atoms with Gasteiger partial charge in [0.05, 0.1) is 32.0 Å². The fraction of sp³-hybridized carbons (Fsp3) is 0.519. The minimum absolute atomic E-state index is 0.183. The zero-order valence-corrected chi connectivity index (χ0v) is 20.8. The molecule has 0 saturated carbocycles. The summed E-state index contributed by atoms with van der Waals surface area (Å²) in [7, 11) is 0. The van der Waals surface area contributed by atoms with Gasteiger partial charge in [-0.2, -0.15) is 0 Å². The average Bonchev–Trinajstić information content (AvgIpc) is 2.82. The van der Waals surface area contributed by atoms with E-state index in [2.05, 4.69) is 11.7 Å². The zero-order valence-electron chi connectivity index (χ0n) is 20.8. The first-order valence-corrected chi connectivity index (χ1v) is 12.3. The van der Waals surface area contributed by atoms with Crippen LogP contribution in [-0.2, 0) is 9.47 Å². The zero-order chi connectivity index (χ0) is 26.7. The number of ether oxygens (including phenoxy) is 5. The van der Waals surface area contributed by atoms with Gasteiger partial charge in [0, 0.05) is 18.1 Å². The van der Waals surface area contributed by atoms with Crippen molar-refractivity contribution in [2.45, 2.75) is 51.8 Å². The van der Waals surface area contributed by atoms with Gasteiger partial charge < -0.3 is 23.7 Å². The van der Waals surface area contributed by atoms with Crippen LogP contribution >= 0.6 is 0 Å². The molecule has 1 fully saturated rings. The fourth-order valence-electron chi connectivity index (χ4n) is 3.66. The third kappa shape index (κ3) is 10.2. The molecule has 0 N–H and O–H groups in total. The highest BCUT2D eigenvalue weighted by atomic mass is 19.4. The smallest absolute Gasteiger partial charge is 0.494 e. The first kappa shape index (κ1) is 28.7. The molecule has 204 valence electrons. The molecule has 0 bridgehead atoms. The van der Waals surface area contributed by atoms with E-state index in [-0.39, 0.29) is 16.7 Å². The van der Waals surface area contributed by atoms with Crippen molar-refractivity contribution in [2.75, 3.05) is 33.0 Å². The molecule has 1 heterocycles. The lowest BCUT2D eigenvalue weighted by Gasteiger charge is -2.37. The third-order valence-electron chi connectivity index (χ3n) is 5.73. The van der Waals surface area contributed by atoms with Crippen LogP contribution in [0.15, 0.2) is 42.5 Å². The van der Waals surface area contributed by atoms with Gasteiger partial charge in [-0.1, -0.05) is 32.6 Å². The Labute approximate surface area is 213 Å². The van der Waals surface area contributed by atoms with Crippen LogP contribution in [-0.4, -0.2) is 45.4 Å². The van der Waals surface area contributed by atoms with Crippen molar-refractivity contribution in [1.82, 2.24) is 0 Å². The second-order valence-electron chi connectivity index (χ2n) is 9.38. The number of hydrogen-bond acceptors (Lipinski definition) is 6. The van der Waals surface area contributed by atoms with E-state index in [0.29, 0.717) is 18.4 Å². The van der Waals surface area contributed by atoms with E-state index in [4.69, 9.17) is 18.9 Å². The van der Waals surface area contributed by atoms with E-state index in [0.717, 1.165) is 77.1 Å². The Morgan fingerprint density at radius 3 is 2.14 bits per heavy atom. The monoisotopic (exact) mass is 528 g/mol. The van der Waals surface area contributed by atoms with Gasteiger partial charge in [0.1, 0.15) is 11.5 Å².